The van der Waals surface area contributed by atoms with Gasteiger partial charge in [-0.25, -0.2) is 14.0 Å². The molecule has 1 aliphatic heterocycles. The fourth-order valence-corrected chi connectivity index (χ4v) is 3.48. The Balaban J connectivity index is 1.54. The van der Waals surface area contributed by atoms with Crippen molar-refractivity contribution in [3.63, 3.8) is 0 Å². The van der Waals surface area contributed by atoms with Crippen LogP contribution < -0.4 is 0 Å². The molecule has 3 aromatic carbocycles. The number of ether oxygens (including phenoxy) is 4. The molecule has 8 heteroatoms. The molecule has 3 aromatic rings. The van der Waals surface area contributed by atoms with Gasteiger partial charge in [0.1, 0.15) is 0 Å². The first kappa shape index (κ1) is 23.6. The number of benzene rings is 3. The van der Waals surface area contributed by atoms with Crippen LogP contribution in [-0.4, -0.2) is 48.0 Å². The second-order valence-electron chi connectivity index (χ2n) is 7.69. The van der Waals surface area contributed by atoms with Crippen LogP contribution in [0.4, 0.5) is 4.39 Å². The summed E-state index contributed by atoms with van der Waals surface area (Å²) >= 11 is 0. The molecule has 1 fully saturated rings. The summed E-state index contributed by atoms with van der Waals surface area (Å²) in [6.45, 7) is -0.428. The normalized spacial score (nSPS) is 24.2. The van der Waals surface area contributed by atoms with Crippen molar-refractivity contribution in [2.24, 2.45) is 0 Å². The first-order valence-electron chi connectivity index (χ1n) is 10.7. The lowest BCUT2D eigenvalue weighted by atomic mass is 10.0. The van der Waals surface area contributed by atoms with Gasteiger partial charge in [-0.05, 0) is 29.8 Å². The van der Waals surface area contributed by atoms with Crippen molar-refractivity contribution < 1.29 is 38.0 Å². The minimum Gasteiger partial charge on any atom is -0.452 e. The van der Waals surface area contributed by atoms with Gasteiger partial charge in [0.05, 0.1) is 24.3 Å². The SMILES string of the molecule is O=C(O[C@@H]1[C@H](OC(=O)c2ccccc2)CO[C@H](OCc2ccccc2)[C@]1(O)F)c1ccccc1. The molecule has 176 valence electrons. The van der Waals surface area contributed by atoms with Crippen LogP contribution in [-0.2, 0) is 25.6 Å². The molecule has 4 atom stereocenters. The molecule has 0 bridgehead atoms. The van der Waals surface area contributed by atoms with Gasteiger partial charge in [-0.3, -0.25) is 0 Å². The third-order valence-electron chi connectivity index (χ3n) is 5.23. The van der Waals surface area contributed by atoms with Gasteiger partial charge in [-0.2, -0.15) is 0 Å². The van der Waals surface area contributed by atoms with Crippen molar-refractivity contribution >= 4 is 11.9 Å². The largest absolute Gasteiger partial charge is 0.452 e. The van der Waals surface area contributed by atoms with E-state index in [0.29, 0.717) is 0 Å². The van der Waals surface area contributed by atoms with Crippen LogP contribution in [0.2, 0.25) is 0 Å². The van der Waals surface area contributed by atoms with E-state index in [1.165, 1.54) is 24.3 Å². The van der Waals surface area contributed by atoms with Crippen LogP contribution in [0.25, 0.3) is 0 Å². The van der Waals surface area contributed by atoms with E-state index in [1.54, 1.807) is 60.7 Å². The van der Waals surface area contributed by atoms with Gasteiger partial charge in [0.2, 0.25) is 12.4 Å². The third-order valence-corrected chi connectivity index (χ3v) is 5.23. The highest BCUT2D eigenvalue weighted by atomic mass is 19.2. The molecule has 1 aliphatic rings. The molecule has 0 saturated carbocycles. The van der Waals surface area contributed by atoms with E-state index in [0.717, 1.165) is 5.56 Å². The van der Waals surface area contributed by atoms with Crippen molar-refractivity contribution in [3.05, 3.63) is 108 Å². The number of carbonyl (C=O) groups is 2. The lowest BCUT2D eigenvalue weighted by Gasteiger charge is -2.42. The number of alkyl halides is 1. The minimum atomic E-state index is -3.31. The Labute approximate surface area is 195 Å². The maximum Gasteiger partial charge on any atom is 0.338 e. The molecule has 34 heavy (non-hydrogen) atoms. The van der Waals surface area contributed by atoms with Crippen LogP contribution >= 0.6 is 0 Å². The Morgan fingerprint density at radius 1 is 0.853 bits per heavy atom. The topological polar surface area (TPSA) is 91.3 Å². The van der Waals surface area contributed by atoms with Gasteiger partial charge >= 0.3 is 11.9 Å². The maximum absolute atomic E-state index is 15.7. The van der Waals surface area contributed by atoms with E-state index in [-0.39, 0.29) is 24.3 Å². The fraction of sp³-hybridized carbons (Fsp3) is 0.231. The fourth-order valence-electron chi connectivity index (χ4n) is 3.48. The smallest absolute Gasteiger partial charge is 0.338 e. The predicted molar refractivity (Wildman–Crippen MR) is 118 cm³/mol. The molecular weight excluding hydrogens is 443 g/mol. The number of hydrogen-bond acceptors (Lipinski definition) is 7. The summed E-state index contributed by atoms with van der Waals surface area (Å²) in [4.78, 5) is 25.2. The Kier molecular flexibility index (Phi) is 7.32. The molecule has 1 saturated heterocycles. The second kappa shape index (κ2) is 10.6. The van der Waals surface area contributed by atoms with E-state index < -0.39 is 36.3 Å². The summed E-state index contributed by atoms with van der Waals surface area (Å²) in [5.41, 5.74) is 1.07. The van der Waals surface area contributed by atoms with Crippen LogP contribution in [0.15, 0.2) is 91.0 Å². The van der Waals surface area contributed by atoms with Crippen molar-refractivity contribution in [2.45, 2.75) is 31.0 Å². The second-order valence-corrected chi connectivity index (χ2v) is 7.69. The molecule has 1 N–H and O–H groups in total. The van der Waals surface area contributed by atoms with E-state index >= 15 is 4.39 Å². The lowest BCUT2D eigenvalue weighted by molar-refractivity contribution is -0.360. The molecule has 0 unspecified atom stereocenters. The summed E-state index contributed by atoms with van der Waals surface area (Å²) in [6.07, 6.45) is -5.11. The Morgan fingerprint density at radius 3 is 1.91 bits per heavy atom. The number of hydrogen-bond donors (Lipinski definition) is 1. The molecule has 0 radical (unpaired) electrons. The summed E-state index contributed by atoms with van der Waals surface area (Å²) in [6, 6.07) is 24.8. The zero-order valence-electron chi connectivity index (χ0n) is 18.1. The zero-order valence-corrected chi connectivity index (χ0v) is 18.1. The molecule has 4 rings (SSSR count). The van der Waals surface area contributed by atoms with Crippen LogP contribution in [0, 0.1) is 0 Å². The van der Waals surface area contributed by atoms with Crippen LogP contribution in [0.1, 0.15) is 26.3 Å². The number of esters is 2. The molecule has 7 nitrogen and oxygen atoms in total. The average molecular weight is 466 g/mol. The standard InChI is InChI=1S/C26H23FO7/c27-26(30)22(34-24(29)20-14-8-3-9-15-20)21(33-23(28)19-12-6-2-7-13-19)17-32-25(26)31-16-18-10-4-1-5-11-18/h1-15,21-22,25,30H,16-17H2/t21-,22-,25+,26+/m1/s1. The first-order valence-corrected chi connectivity index (χ1v) is 10.7. The van der Waals surface area contributed by atoms with E-state index in [9.17, 15) is 14.7 Å². The molecule has 1 heterocycles. The lowest BCUT2D eigenvalue weighted by Crippen LogP contribution is -2.63. The molecular formula is C26H23FO7. The molecule has 0 aromatic heterocycles. The molecule has 0 aliphatic carbocycles. The Hall–Kier alpha value is -3.59. The van der Waals surface area contributed by atoms with E-state index in [4.69, 9.17) is 18.9 Å². The summed E-state index contributed by atoms with van der Waals surface area (Å²) in [5, 5.41) is 10.7. The van der Waals surface area contributed by atoms with Gasteiger partial charge in [0.25, 0.3) is 5.85 Å². The van der Waals surface area contributed by atoms with Gasteiger partial charge in [-0.15, -0.1) is 0 Å². The van der Waals surface area contributed by atoms with Crippen molar-refractivity contribution in [1.82, 2.24) is 0 Å². The van der Waals surface area contributed by atoms with Gasteiger partial charge in [0.15, 0.2) is 6.10 Å². The van der Waals surface area contributed by atoms with Crippen LogP contribution in [0.3, 0.4) is 0 Å². The predicted octanol–water partition coefficient (Wildman–Crippen LogP) is 3.67. The number of carbonyl (C=O) groups excluding carboxylic acids is 2. The maximum atomic E-state index is 15.7. The summed E-state index contributed by atoms with van der Waals surface area (Å²) < 4.78 is 37.2. The highest BCUT2D eigenvalue weighted by Gasteiger charge is 2.58. The van der Waals surface area contributed by atoms with Crippen molar-refractivity contribution in [2.75, 3.05) is 6.61 Å². The average Bonchev–Trinajstić information content (AvgIpc) is 2.87. The minimum absolute atomic E-state index is 0.0639. The zero-order chi connectivity index (χ0) is 24.0. The number of rotatable bonds is 7. The Morgan fingerprint density at radius 2 is 1.35 bits per heavy atom. The number of aliphatic hydroxyl groups is 1. The van der Waals surface area contributed by atoms with E-state index in [2.05, 4.69) is 0 Å². The monoisotopic (exact) mass is 466 g/mol. The first-order chi connectivity index (χ1) is 16.4. The highest BCUT2D eigenvalue weighted by Crippen LogP contribution is 2.34. The van der Waals surface area contributed by atoms with Gasteiger partial charge in [-0.1, -0.05) is 66.7 Å². The molecule has 0 spiro atoms. The Bertz CT molecular complexity index is 1090. The quantitative estimate of drug-likeness (QED) is 0.532. The highest BCUT2D eigenvalue weighted by molar-refractivity contribution is 5.90. The summed E-state index contributed by atoms with van der Waals surface area (Å²) in [5.74, 6) is -4.99. The number of halogens is 1. The van der Waals surface area contributed by atoms with Gasteiger partial charge < -0.3 is 24.1 Å². The van der Waals surface area contributed by atoms with Gasteiger partial charge in [0, 0.05) is 0 Å². The third kappa shape index (κ3) is 5.48. The van der Waals surface area contributed by atoms with Crippen LogP contribution in [0.5, 0.6) is 0 Å². The van der Waals surface area contributed by atoms with E-state index in [1.807, 2.05) is 6.07 Å². The molecule has 0 amide bonds. The van der Waals surface area contributed by atoms with Crippen molar-refractivity contribution in [1.29, 1.82) is 0 Å². The summed E-state index contributed by atoms with van der Waals surface area (Å²) in [7, 11) is 0. The van der Waals surface area contributed by atoms with Crippen molar-refractivity contribution in [3.8, 4) is 0 Å².